The lowest BCUT2D eigenvalue weighted by Crippen LogP contribution is -2.26. The second-order valence-corrected chi connectivity index (χ2v) is 7.23. The Labute approximate surface area is 165 Å². The van der Waals surface area contributed by atoms with Crippen LogP contribution in [0.2, 0.25) is 0 Å². The largest absolute Gasteiger partial charge is 0.465 e. The minimum absolute atomic E-state index is 0.295. The minimum Gasteiger partial charge on any atom is -0.465 e. The van der Waals surface area contributed by atoms with Crippen molar-refractivity contribution in [3.05, 3.63) is 77.0 Å². The molecule has 144 valence electrons. The summed E-state index contributed by atoms with van der Waals surface area (Å²) in [6, 6.07) is 18.2. The highest BCUT2D eigenvalue weighted by Crippen LogP contribution is 2.28. The van der Waals surface area contributed by atoms with E-state index in [1.165, 1.54) is 35.2 Å². The van der Waals surface area contributed by atoms with E-state index in [4.69, 9.17) is 9.84 Å². The zero-order chi connectivity index (χ0) is 19.5. The van der Waals surface area contributed by atoms with E-state index in [-0.39, 0.29) is 5.97 Å². The quantitative estimate of drug-likeness (QED) is 0.655. The monoisotopic (exact) mass is 375 g/mol. The number of fused-ring (bicyclic) bond motifs is 1. The normalized spacial score (nSPS) is 14.4. The van der Waals surface area contributed by atoms with E-state index in [1.54, 1.807) is 0 Å². The molecule has 0 saturated carbocycles. The van der Waals surface area contributed by atoms with Gasteiger partial charge in [0.05, 0.1) is 24.1 Å². The highest BCUT2D eigenvalue weighted by atomic mass is 16.5. The Bertz CT molecular complexity index is 962. The number of esters is 1. The van der Waals surface area contributed by atoms with Gasteiger partial charge in [0.2, 0.25) is 0 Å². The highest BCUT2D eigenvalue weighted by molar-refractivity contribution is 5.89. The third-order valence-electron chi connectivity index (χ3n) is 5.40. The summed E-state index contributed by atoms with van der Waals surface area (Å²) in [6.45, 7) is 2.85. The van der Waals surface area contributed by atoms with Crippen LogP contribution in [0.3, 0.4) is 0 Å². The van der Waals surface area contributed by atoms with Gasteiger partial charge in [-0.15, -0.1) is 0 Å². The fourth-order valence-electron chi connectivity index (χ4n) is 3.97. The lowest BCUT2D eigenvalue weighted by atomic mass is 10.0. The summed E-state index contributed by atoms with van der Waals surface area (Å²) in [7, 11) is 3.44. The second-order valence-electron chi connectivity index (χ2n) is 7.23. The number of rotatable bonds is 4. The van der Waals surface area contributed by atoms with Crippen LogP contribution in [0.25, 0.3) is 11.3 Å². The average Bonchev–Trinajstić information content (AvgIpc) is 2.93. The maximum Gasteiger partial charge on any atom is 0.337 e. The van der Waals surface area contributed by atoms with Crippen LogP contribution in [-0.2, 0) is 31.2 Å². The van der Waals surface area contributed by atoms with Crippen molar-refractivity contribution in [2.75, 3.05) is 20.2 Å². The molecule has 4 rings (SSSR count). The van der Waals surface area contributed by atoms with Crippen LogP contribution in [0, 0.1) is 0 Å². The van der Waals surface area contributed by atoms with Crippen molar-refractivity contribution in [2.24, 2.45) is 7.05 Å². The summed E-state index contributed by atoms with van der Waals surface area (Å²) in [5.41, 5.74) is 6.84. The Balaban J connectivity index is 1.48. The molecule has 3 aromatic rings. The lowest BCUT2D eigenvalue weighted by Gasteiger charge is -2.20. The van der Waals surface area contributed by atoms with E-state index in [0.29, 0.717) is 5.56 Å². The van der Waals surface area contributed by atoms with Gasteiger partial charge in [-0.1, -0.05) is 42.5 Å². The Morgan fingerprint density at radius 2 is 1.75 bits per heavy atom. The number of hydrogen-bond donors (Lipinski definition) is 0. The fraction of sp³-hybridized carbons (Fsp3) is 0.304. The van der Waals surface area contributed by atoms with Gasteiger partial charge in [-0.2, -0.15) is 5.10 Å². The molecule has 0 aliphatic carbocycles. The number of hydrogen-bond acceptors (Lipinski definition) is 4. The molecule has 0 N–H and O–H groups in total. The first-order valence-electron chi connectivity index (χ1n) is 9.65. The number of nitrogens with zero attached hydrogens (tertiary/aromatic N) is 3. The zero-order valence-electron chi connectivity index (χ0n) is 16.4. The Morgan fingerprint density at radius 1 is 1.04 bits per heavy atom. The molecule has 1 aliphatic rings. The molecule has 2 heterocycles. The smallest absolute Gasteiger partial charge is 0.337 e. The Kier molecular flexibility index (Phi) is 5.26. The van der Waals surface area contributed by atoms with Crippen molar-refractivity contribution < 1.29 is 9.53 Å². The average molecular weight is 375 g/mol. The fourth-order valence-corrected chi connectivity index (χ4v) is 3.97. The first kappa shape index (κ1) is 18.4. The summed E-state index contributed by atoms with van der Waals surface area (Å²) >= 11 is 0. The second kappa shape index (κ2) is 7.98. The Hall–Kier alpha value is -2.92. The predicted octanol–water partition coefficient (Wildman–Crippen LogP) is 3.47. The van der Waals surface area contributed by atoms with Gasteiger partial charge >= 0.3 is 5.97 Å². The first-order chi connectivity index (χ1) is 13.7. The van der Waals surface area contributed by atoms with Crippen LogP contribution < -0.4 is 0 Å². The number of carbonyl (C=O) groups excluding carboxylic acids is 1. The van der Waals surface area contributed by atoms with Gasteiger partial charge in [0.15, 0.2) is 0 Å². The number of carbonyl (C=O) groups is 1. The van der Waals surface area contributed by atoms with E-state index >= 15 is 0 Å². The van der Waals surface area contributed by atoms with Crippen LogP contribution in [0.5, 0.6) is 0 Å². The topological polar surface area (TPSA) is 47.4 Å². The number of benzene rings is 2. The molecule has 0 radical (unpaired) electrons. The summed E-state index contributed by atoms with van der Waals surface area (Å²) in [5, 5.41) is 4.81. The maximum atomic E-state index is 11.6. The standard InChI is InChI=1S/C23H25N3O2/c1-25-22(18-6-4-3-5-7-18)20-12-14-26(15-13-21(20)24-25)16-17-8-10-19(11-9-17)23(27)28-2/h3-11H,12-16H2,1-2H3. The molecule has 0 spiro atoms. The molecular weight excluding hydrogens is 350 g/mol. The van der Waals surface area contributed by atoms with Gasteiger partial charge < -0.3 is 4.74 Å². The van der Waals surface area contributed by atoms with Crippen LogP contribution in [-0.4, -0.2) is 40.8 Å². The van der Waals surface area contributed by atoms with E-state index in [1.807, 2.05) is 42.1 Å². The van der Waals surface area contributed by atoms with E-state index in [2.05, 4.69) is 29.2 Å². The number of aromatic nitrogens is 2. The van der Waals surface area contributed by atoms with Gasteiger partial charge in [0, 0.05) is 44.2 Å². The SMILES string of the molecule is COC(=O)c1ccc(CN2CCc3nn(C)c(-c4ccccc4)c3CC2)cc1. The highest BCUT2D eigenvalue weighted by Gasteiger charge is 2.22. The molecule has 0 amide bonds. The number of aryl methyl sites for hydroxylation is 1. The third kappa shape index (κ3) is 3.71. The van der Waals surface area contributed by atoms with Gasteiger partial charge in [-0.3, -0.25) is 9.58 Å². The maximum absolute atomic E-state index is 11.6. The van der Waals surface area contributed by atoms with E-state index in [0.717, 1.165) is 32.5 Å². The first-order valence-corrected chi connectivity index (χ1v) is 9.65. The number of methoxy groups -OCH3 is 1. The van der Waals surface area contributed by atoms with Gasteiger partial charge in [-0.05, 0) is 24.1 Å². The molecule has 0 atom stereocenters. The molecule has 28 heavy (non-hydrogen) atoms. The zero-order valence-corrected chi connectivity index (χ0v) is 16.4. The molecular formula is C23H25N3O2. The molecule has 1 aromatic heterocycles. The van der Waals surface area contributed by atoms with Gasteiger partial charge in [0.25, 0.3) is 0 Å². The molecule has 0 saturated heterocycles. The molecule has 5 nitrogen and oxygen atoms in total. The van der Waals surface area contributed by atoms with E-state index in [9.17, 15) is 4.79 Å². The number of ether oxygens (including phenoxy) is 1. The van der Waals surface area contributed by atoms with Crippen molar-refractivity contribution in [3.63, 3.8) is 0 Å². The van der Waals surface area contributed by atoms with Crippen molar-refractivity contribution in [2.45, 2.75) is 19.4 Å². The van der Waals surface area contributed by atoms with Crippen LogP contribution >= 0.6 is 0 Å². The van der Waals surface area contributed by atoms with Gasteiger partial charge in [0.1, 0.15) is 0 Å². The van der Waals surface area contributed by atoms with Crippen molar-refractivity contribution in [1.82, 2.24) is 14.7 Å². The van der Waals surface area contributed by atoms with Gasteiger partial charge in [-0.25, -0.2) is 4.79 Å². The third-order valence-corrected chi connectivity index (χ3v) is 5.40. The van der Waals surface area contributed by atoms with Crippen LogP contribution in [0.4, 0.5) is 0 Å². The minimum atomic E-state index is -0.295. The Morgan fingerprint density at radius 3 is 2.46 bits per heavy atom. The predicted molar refractivity (Wildman–Crippen MR) is 109 cm³/mol. The molecule has 1 aliphatic heterocycles. The molecule has 0 bridgehead atoms. The molecule has 0 fully saturated rings. The lowest BCUT2D eigenvalue weighted by molar-refractivity contribution is 0.0600. The van der Waals surface area contributed by atoms with Crippen molar-refractivity contribution >= 4 is 5.97 Å². The summed E-state index contributed by atoms with van der Waals surface area (Å²) in [6.07, 6.45) is 1.95. The van der Waals surface area contributed by atoms with Crippen LogP contribution in [0.1, 0.15) is 27.2 Å². The molecule has 2 aromatic carbocycles. The summed E-state index contributed by atoms with van der Waals surface area (Å²) < 4.78 is 6.80. The molecule has 5 heteroatoms. The summed E-state index contributed by atoms with van der Waals surface area (Å²) in [5.74, 6) is -0.295. The molecule has 0 unspecified atom stereocenters. The van der Waals surface area contributed by atoms with Crippen molar-refractivity contribution in [3.8, 4) is 11.3 Å². The summed E-state index contributed by atoms with van der Waals surface area (Å²) in [4.78, 5) is 14.1. The van der Waals surface area contributed by atoms with Crippen molar-refractivity contribution in [1.29, 1.82) is 0 Å². The van der Waals surface area contributed by atoms with E-state index < -0.39 is 0 Å². The van der Waals surface area contributed by atoms with Crippen LogP contribution in [0.15, 0.2) is 54.6 Å².